The molecule has 6 heterocycles. The van der Waals surface area contributed by atoms with Crippen LogP contribution in [0.15, 0.2) is 61.3 Å². The monoisotopic (exact) mass is 798 g/mol. The number of alkyl halides is 3. The second kappa shape index (κ2) is 15.5. The summed E-state index contributed by atoms with van der Waals surface area (Å²) in [5, 5.41) is 16.4. The van der Waals surface area contributed by atoms with Gasteiger partial charge in [-0.05, 0) is 92.1 Å². The molecule has 0 bridgehead atoms. The number of benzene rings is 1. The first-order valence-electron chi connectivity index (χ1n) is 19.9. The van der Waals surface area contributed by atoms with Gasteiger partial charge in [0.1, 0.15) is 17.3 Å². The molecule has 2 amide bonds. The second-order valence-corrected chi connectivity index (χ2v) is 16.5. The molecule has 1 aliphatic carbocycles. The summed E-state index contributed by atoms with van der Waals surface area (Å²) in [5.74, 6) is -0.945. The third kappa shape index (κ3) is 7.58. The highest BCUT2D eigenvalue weighted by Crippen LogP contribution is 2.42. The fourth-order valence-corrected chi connectivity index (χ4v) is 9.17. The number of hydrogen-bond acceptors (Lipinski definition) is 9. The van der Waals surface area contributed by atoms with E-state index in [0.717, 1.165) is 75.4 Å². The van der Waals surface area contributed by atoms with Crippen molar-refractivity contribution in [2.75, 3.05) is 59.8 Å². The van der Waals surface area contributed by atoms with Crippen LogP contribution in [0.25, 0.3) is 11.3 Å². The zero-order valence-electron chi connectivity index (χ0n) is 33.0. The Bertz CT molecular complexity index is 2250. The first-order valence-corrected chi connectivity index (χ1v) is 19.9. The summed E-state index contributed by atoms with van der Waals surface area (Å²) < 4.78 is 51.3. The van der Waals surface area contributed by atoms with Crippen LogP contribution < -0.4 is 20.4 Å². The van der Waals surface area contributed by atoms with E-state index in [9.17, 15) is 27.9 Å². The maximum Gasteiger partial charge on any atom is 0.419 e. The van der Waals surface area contributed by atoms with E-state index >= 15 is 0 Å². The Kier molecular flexibility index (Phi) is 10.6. The van der Waals surface area contributed by atoms with Crippen LogP contribution in [0.2, 0.25) is 0 Å². The topological polar surface area (TPSA) is 128 Å². The maximum absolute atomic E-state index is 14.6. The number of halogens is 3. The van der Waals surface area contributed by atoms with Gasteiger partial charge in [-0.1, -0.05) is 20.4 Å². The highest BCUT2D eigenvalue weighted by Gasteiger charge is 2.39. The number of aromatic nitrogens is 3. The van der Waals surface area contributed by atoms with Gasteiger partial charge in [-0.25, -0.2) is 9.97 Å². The molecule has 1 atom stereocenters. The summed E-state index contributed by atoms with van der Waals surface area (Å²) >= 11 is 0. The molecule has 1 aromatic carbocycles. The number of aliphatic hydroxyl groups is 1. The van der Waals surface area contributed by atoms with Crippen molar-refractivity contribution in [2.24, 2.45) is 5.41 Å². The van der Waals surface area contributed by atoms with E-state index in [4.69, 9.17) is 4.74 Å². The molecule has 58 heavy (non-hydrogen) atoms. The van der Waals surface area contributed by atoms with Crippen LogP contribution in [0.1, 0.15) is 66.5 Å². The van der Waals surface area contributed by atoms with Crippen LogP contribution in [0.4, 0.5) is 41.9 Å². The number of nitrogens with zero attached hydrogens (tertiary/aromatic N) is 6. The summed E-state index contributed by atoms with van der Waals surface area (Å²) in [6.07, 6.45) is 1.58. The van der Waals surface area contributed by atoms with Crippen molar-refractivity contribution >= 4 is 40.5 Å². The first kappa shape index (κ1) is 39.6. The number of fused-ring (bicyclic) bond motifs is 3. The molecule has 15 heteroatoms. The summed E-state index contributed by atoms with van der Waals surface area (Å²) in [5.41, 5.74) is 4.19. The molecule has 3 N–H and O–H groups in total. The lowest BCUT2D eigenvalue weighted by atomic mass is 9.90. The van der Waals surface area contributed by atoms with Crippen molar-refractivity contribution in [3.8, 4) is 11.3 Å². The van der Waals surface area contributed by atoms with E-state index < -0.39 is 30.1 Å². The number of rotatable bonds is 9. The van der Waals surface area contributed by atoms with Gasteiger partial charge in [0.25, 0.3) is 5.91 Å². The Hall–Kier alpha value is -5.25. The van der Waals surface area contributed by atoms with Crippen molar-refractivity contribution < 1.29 is 32.6 Å². The van der Waals surface area contributed by atoms with Crippen molar-refractivity contribution in [2.45, 2.75) is 77.9 Å². The third-order valence-electron chi connectivity index (χ3n) is 11.9. The number of aliphatic hydroxyl groups excluding tert-OH is 1. The van der Waals surface area contributed by atoms with Gasteiger partial charge in [-0.3, -0.25) is 19.4 Å². The van der Waals surface area contributed by atoms with Gasteiger partial charge >= 0.3 is 6.18 Å². The molecule has 0 radical (unpaired) electrons. The van der Waals surface area contributed by atoms with Gasteiger partial charge in [0.05, 0.1) is 29.2 Å². The van der Waals surface area contributed by atoms with Crippen LogP contribution in [0.5, 0.6) is 0 Å². The molecule has 12 nitrogen and oxygen atoms in total. The molecule has 0 saturated carbocycles. The summed E-state index contributed by atoms with van der Waals surface area (Å²) in [7, 11) is 0. The lowest BCUT2D eigenvalue weighted by molar-refractivity contribution is -0.137. The fraction of sp³-hybridized carbons (Fsp3) is 0.442. The molecular formula is C43H49F3N8O4. The quantitative estimate of drug-likeness (QED) is 0.157. The van der Waals surface area contributed by atoms with Crippen molar-refractivity contribution in [3.05, 3.63) is 89.4 Å². The van der Waals surface area contributed by atoms with Gasteiger partial charge in [-0.15, -0.1) is 0 Å². The largest absolute Gasteiger partial charge is 0.419 e. The Morgan fingerprint density at radius 3 is 2.59 bits per heavy atom. The number of pyridine rings is 2. The standard InChI is InChI=1S/C43H49F3N8O4/c1-5-38(56)49-34-21-28(6-9-35(34)52-15-14-51(24-26(52)2)29-11-18-58-19-12-29)48-39-32(43(44,45)46)7-8-33(50-39)30-10-13-47-40(31(30)25-55)54-17-16-53-36(41(54)57)20-27-22-42(3,4)23-37(27)53/h5-10,13,20-21,26,29,55H,1,11-12,14-19,22-25H2,2-4H3,(H,48,50)(H,49,56). The van der Waals surface area contributed by atoms with Crippen molar-refractivity contribution in [1.29, 1.82) is 0 Å². The molecule has 2 fully saturated rings. The molecule has 1 unspecified atom stereocenters. The van der Waals surface area contributed by atoms with Crippen LogP contribution in [-0.2, 0) is 41.7 Å². The number of nitrogens with one attached hydrogen (secondary N) is 2. The zero-order valence-corrected chi connectivity index (χ0v) is 33.0. The Morgan fingerprint density at radius 2 is 1.86 bits per heavy atom. The minimum absolute atomic E-state index is 0.0925. The van der Waals surface area contributed by atoms with Crippen molar-refractivity contribution in [1.82, 2.24) is 19.4 Å². The first-order chi connectivity index (χ1) is 27.7. The lowest BCUT2D eigenvalue weighted by Gasteiger charge is -2.45. The molecule has 4 aromatic rings. The average molecular weight is 799 g/mol. The van der Waals surface area contributed by atoms with E-state index in [0.29, 0.717) is 42.6 Å². The molecule has 8 rings (SSSR count). The highest BCUT2D eigenvalue weighted by molar-refractivity contribution is 6.06. The lowest BCUT2D eigenvalue weighted by Crippen LogP contribution is -2.56. The number of ether oxygens (including phenoxy) is 1. The summed E-state index contributed by atoms with van der Waals surface area (Å²) in [6.45, 7) is 14.3. The van der Waals surface area contributed by atoms with Gasteiger partial charge in [0.2, 0.25) is 5.91 Å². The SMILES string of the molecule is C=CC(=O)Nc1cc(Nc2nc(-c3ccnc(N4CCn5c(cc6c5CC(C)(C)C6)C4=O)c3CO)ccc2C(F)(F)F)ccc1N1CCN(C2CCOCC2)CC1C. The van der Waals surface area contributed by atoms with Crippen molar-refractivity contribution in [3.63, 3.8) is 0 Å². The van der Waals surface area contributed by atoms with Gasteiger partial charge in [0.15, 0.2) is 0 Å². The smallest absolute Gasteiger partial charge is 0.392 e. The predicted molar refractivity (Wildman–Crippen MR) is 216 cm³/mol. The van der Waals surface area contributed by atoms with E-state index in [1.807, 2.05) is 6.07 Å². The second-order valence-electron chi connectivity index (χ2n) is 16.5. The number of piperazine rings is 1. The normalized spacial score (nSPS) is 19.8. The number of amides is 2. The van der Waals surface area contributed by atoms with E-state index in [-0.39, 0.29) is 40.1 Å². The van der Waals surface area contributed by atoms with Gasteiger partial charge in [0, 0.05) is 86.7 Å². The van der Waals surface area contributed by atoms with E-state index in [2.05, 4.69) is 62.3 Å². The van der Waals surface area contributed by atoms with Crippen LogP contribution in [0.3, 0.4) is 0 Å². The molecule has 2 saturated heterocycles. The number of hydrogen-bond donors (Lipinski definition) is 3. The fourth-order valence-electron chi connectivity index (χ4n) is 9.17. The molecular weight excluding hydrogens is 750 g/mol. The minimum atomic E-state index is -4.76. The number of carbonyl (C=O) groups is 2. The van der Waals surface area contributed by atoms with E-state index in [1.165, 1.54) is 22.9 Å². The average Bonchev–Trinajstić information content (AvgIpc) is 3.69. The van der Waals surface area contributed by atoms with E-state index in [1.54, 1.807) is 24.3 Å². The summed E-state index contributed by atoms with van der Waals surface area (Å²) in [6, 6.07) is 11.3. The van der Waals surface area contributed by atoms with Crippen LogP contribution in [-0.4, -0.2) is 87.8 Å². The maximum atomic E-state index is 14.6. The van der Waals surface area contributed by atoms with Gasteiger partial charge in [-0.2, -0.15) is 13.2 Å². The Morgan fingerprint density at radius 1 is 1.07 bits per heavy atom. The zero-order chi connectivity index (χ0) is 40.9. The molecule has 4 aliphatic rings. The minimum Gasteiger partial charge on any atom is -0.392 e. The third-order valence-corrected chi connectivity index (χ3v) is 11.9. The summed E-state index contributed by atoms with van der Waals surface area (Å²) in [4.78, 5) is 41.8. The number of carbonyl (C=O) groups excluding carboxylic acids is 2. The van der Waals surface area contributed by atoms with Crippen LogP contribution in [0, 0.1) is 5.41 Å². The van der Waals surface area contributed by atoms with Gasteiger partial charge < -0.3 is 29.9 Å². The molecule has 0 spiro atoms. The molecule has 3 aromatic heterocycles. The predicted octanol–water partition coefficient (Wildman–Crippen LogP) is 6.80. The highest BCUT2D eigenvalue weighted by atomic mass is 19.4. The molecule has 3 aliphatic heterocycles. The number of anilines is 5. The Balaban J connectivity index is 1.09. The molecule has 306 valence electrons. The van der Waals surface area contributed by atoms with Crippen LogP contribution >= 0.6 is 0 Å². The Labute approximate surface area is 335 Å².